The van der Waals surface area contributed by atoms with E-state index >= 15 is 0 Å². The molecule has 1 aromatic rings. The minimum absolute atomic E-state index is 0.590. The van der Waals surface area contributed by atoms with Crippen LogP contribution < -0.4 is 0 Å². The molecule has 4 heteroatoms. The van der Waals surface area contributed by atoms with Crippen LogP contribution >= 0.6 is 0 Å². The monoisotopic (exact) mass is 182 g/mol. The molecule has 0 spiro atoms. The average molecular weight is 182 g/mol. The van der Waals surface area contributed by atoms with Gasteiger partial charge in [-0.3, -0.25) is 0 Å². The molecule has 0 bridgehead atoms. The summed E-state index contributed by atoms with van der Waals surface area (Å²) in [4.78, 5) is 4.11. The predicted molar refractivity (Wildman–Crippen MR) is 49.2 cm³/mol. The van der Waals surface area contributed by atoms with Crippen molar-refractivity contribution in [2.45, 2.75) is 20.3 Å². The van der Waals surface area contributed by atoms with Gasteiger partial charge in [0.25, 0.3) is 0 Å². The van der Waals surface area contributed by atoms with E-state index in [1.165, 1.54) is 0 Å². The molecular weight excluding hydrogens is 168 g/mol. The third-order valence-electron chi connectivity index (χ3n) is 1.47. The largest absolute Gasteiger partial charge is 0.378 e. The van der Waals surface area contributed by atoms with Gasteiger partial charge in [-0.1, -0.05) is 18.2 Å². The zero-order valence-electron chi connectivity index (χ0n) is 7.99. The van der Waals surface area contributed by atoms with Gasteiger partial charge in [-0.15, -0.1) is 0 Å². The molecule has 0 N–H and O–H groups in total. The summed E-state index contributed by atoms with van der Waals surface area (Å²) < 4.78 is 10.0. The van der Waals surface area contributed by atoms with Crippen LogP contribution in [0.3, 0.4) is 0 Å². The molecule has 13 heavy (non-hydrogen) atoms. The first-order valence-electron chi connectivity index (χ1n) is 4.43. The number of hydrogen-bond acceptors (Lipinski definition) is 4. The lowest BCUT2D eigenvalue weighted by Gasteiger charge is -1.90. The average Bonchev–Trinajstić information content (AvgIpc) is 2.60. The standard InChI is InChI=1S/C9H14N2O2/c1-3-9-10-8(11-13-9)6-5-7-12-4-2/h5-6H,3-4,7H2,1-2H3/b6-5+. The lowest BCUT2D eigenvalue weighted by atomic mass is 10.4. The van der Waals surface area contributed by atoms with Crippen molar-refractivity contribution < 1.29 is 9.26 Å². The maximum absolute atomic E-state index is 5.12. The third kappa shape index (κ3) is 3.38. The van der Waals surface area contributed by atoms with E-state index in [-0.39, 0.29) is 0 Å². The molecule has 0 aliphatic rings. The molecule has 4 nitrogen and oxygen atoms in total. The third-order valence-corrected chi connectivity index (χ3v) is 1.47. The van der Waals surface area contributed by atoms with Gasteiger partial charge in [0.05, 0.1) is 6.61 Å². The van der Waals surface area contributed by atoms with Gasteiger partial charge < -0.3 is 9.26 Å². The highest BCUT2D eigenvalue weighted by Crippen LogP contribution is 1.99. The highest BCUT2D eigenvalue weighted by Gasteiger charge is 1.98. The van der Waals surface area contributed by atoms with E-state index < -0.39 is 0 Å². The second kappa shape index (κ2) is 5.48. The number of aromatic nitrogens is 2. The molecule has 1 heterocycles. The zero-order valence-corrected chi connectivity index (χ0v) is 7.99. The van der Waals surface area contributed by atoms with E-state index in [0.717, 1.165) is 13.0 Å². The van der Waals surface area contributed by atoms with Crippen LogP contribution in [-0.4, -0.2) is 23.4 Å². The minimum atomic E-state index is 0.590. The van der Waals surface area contributed by atoms with Gasteiger partial charge in [-0.25, -0.2) is 0 Å². The van der Waals surface area contributed by atoms with Crippen molar-refractivity contribution in [1.29, 1.82) is 0 Å². The van der Waals surface area contributed by atoms with Crippen molar-refractivity contribution >= 4 is 6.08 Å². The first-order valence-corrected chi connectivity index (χ1v) is 4.43. The molecule has 0 unspecified atom stereocenters. The summed E-state index contributed by atoms with van der Waals surface area (Å²) in [5.74, 6) is 1.27. The van der Waals surface area contributed by atoms with Crippen LogP contribution in [0.4, 0.5) is 0 Å². The molecule has 0 radical (unpaired) electrons. The molecule has 72 valence electrons. The Morgan fingerprint density at radius 2 is 2.31 bits per heavy atom. The number of nitrogens with zero attached hydrogens (tertiary/aromatic N) is 2. The summed E-state index contributed by atoms with van der Waals surface area (Å²) in [6, 6.07) is 0. The van der Waals surface area contributed by atoms with Gasteiger partial charge in [0.1, 0.15) is 0 Å². The van der Waals surface area contributed by atoms with Gasteiger partial charge in [0.2, 0.25) is 5.89 Å². The van der Waals surface area contributed by atoms with Crippen LogP contribution in [-0.2, 0) is 11.2 Å². The lowest BCUT2D eigenvalue weighted by Crippen LogP contribution is -1.88. The first kappa shape index (κ1) is 9.92. The maximum atomic E-state index is 5.12. The molecule has 1 rings (SSSR count). The highest BCUT2D eigenvalue weighted by molar-refractivity contribution is 5.38. The zero-order chi connectivity index (χ0) is 9.52. The molecule has 0 aliphatic heterocycles. The van der Waals surface area contributed by atoms with E-state index in [0.29, 0.717) is 18.3 Å². The summed E-state index contributed by atoms with van der Waals surface area (Å²) >= 11 is 0. The summed E-state index contributed by atoms with van der Waals surface area (Å²) in [6.45, 7) is 5.24. The summed E-state index contributed by atoms with van der Waals surface area (Å²) in [6.07, 6.45) is 4.43. The van der Waals surface area contributed by atoms with Crippen molar-refractivity contribution in [3.05, 3.63) is 17.8 Å². The van der Waals surface area contributed by atoms with Crippen LogP contribution in [0, 0.1) is 0 Å². The van der Waals surface area contributed by atoms with Gasteiger partial charge in [-0.05, 0) is 13.0 Å². The van der Waals surface area contributed by atoms with Crippen molar-refractivity contribution in [1.82, 2.24) is 10.1 Å². The molecular formula is C9H14N2O2. The molecule has 0 aromatic carbocycles. The van der Waals surface area contributed by atoms with Crippen LogP contribution in [0.5, 0.6) is 0 Å². The normalized spacial score (nSPS) is 11.2. The van der Waals surface area contributed by atoms with Crippen molar-refractivity contribution in [3.8, 4) is 0 Å². The maximum Gasteiger partial charge on any atom is 0.226 e. The fourth-order valence-electron chi connectivity index (χ4n) is 0.819. The van der Waals surface area contributed by atoms with Gasteiger partial charge in [0.15, 0.2) is 5.82 Å². The van der Waals surface area contributed by atoms with Crippen molar-refractivity contribution in [2.75, 3.05) is 13.2 Å². The Balaban J connectivity index is 2.39. The molecule has 0 aliphatic carbocycles. The quantitative estimate of drug-likeness (QED) is 0.650. The summed E-state index contributed by atoms with van der Waals surface area (Å²) in [7, 11) is 0. The second-order valence-electron chi connectivity index (χ2n) is 2.46. The van der Waals surface area contributed by atoms with Crippen molar-refractivity contribution in [2.24, 2.45) is 0 Å². The van der Waals surface area contributed by atoms with E-state index in [4.69, 9.17) is 9.26 Å². The van der Waals surface area contributed by atoms with Crippen LogP contribution in [0.2, 0.25) is 0 Å². The topological polar surface area (TPSA) is 48.2 Å². The number of hydrogen-bond donors (Lipinski definition) is 0. The van der Waals surface area contributed by atoms with Crippen LogP contribution in [0.15, 0.2) is 10.6 Å². The van der Waals surface area contributed by atoms with Gasteiger partial charge in [0, 0.05) is 13.0 Å². The Hall–Kier alpha value is -1.16. The molecule has 0 amide bonds. The SMILES string of the molecule is CCOC/C=C/c1noc(CC)n1. The van der Waals surface area contributed by atoms with Gasteiger partial charge in [-0.2, -0.15) is 4.98 Å². The Morgan fingerprint density at radius 1 is 1.46 bits per heavy atom. The first-order chi connectivity index (χ1) is 6.36. The lowest BCUT2D eigenvalue weighted by molar-refractivity contribution is 0.178. The van der Waals surface area contributed by atoms with E-state index in [1.807, 2.05) is 19.9 Å². The Labute approximate surface area is 77.6 Å². The van der Waals surface area contributed by atoms with Crippen molar-refractivity contribution in [3.63, 3.8) is 0 Å². The summed E-state index contributed by atoms with van der Waals surface area (Å²) in [5, 5.41) is 3.76. The fourth-order valence-corrected chi connectivity index (χ4v) is 0.819. The fraction of sp³-hybridized carbons (Fsp3) is 0.556. The molecule has 0 saturated carbocycles. The Kier molecular flexibility index (Phi) is 4.18. The Morgan fingerprint density at radius 3 is 2.92 bits per heavy atom. The Bertz CT molecular complexity index is 268. The van der Waals surface area contributed by atoms with Gasteiger partial charge >= 0.3 is 0 Å². The molecule has 0 saturated heterocycles. The molecule has 0 fully saturated rings. The summed E-state index contributed by atoms with van der Waals surface area (Å²) in [5.41, 5.74) is 0. The number of rotatable bonds is 5. The van der Waals surface area contributed by atoms with Crippen LogP contribution in [0.25, 0.3) is 6.08 Å². The predicted octanol–water partition coefficient (Wildman–Crippen LogP) is 1.68. The number of ether oxygens (including phenoxy) is 1. The van der Waals surface area contributed by atoms with E-state index in [1.54, 1.807) is 6.08 Å². The van der Waals surface area contributed by atoms with Crippen LogP contribution in [0.1, 0.15) is 25.6 Å². The smallest absolute Gasteiger partial charge is 0.226 e. The molecule has 0 atom stereocenters. The number of aryl methyl sites for hydroxylation is 1. The van der Waals surface area contributed by atoms with E-state index in [9.17, 15) is 0 Å². The second-order valence-corrected chi connectivity index (χ2v) is 2.46. The van der Waals surface area contributed by atoms with E-state index in [2.05, 4.69) is 10.1 Å². The highest BCUT2D eigenvalue weighted by atomic mass is 16.5. The minimum Gasteiger partial charge on any atom is -0.378 e. The molecule has 1 aromatic heterocycles.